The van der Waals surface area contributed by atoms with E-state index in [-0.39, 0.29) is 16.8 Å². The molecule has 0 saturated heterocycles. The number of amides is 1. The summed E-state index contributed by atoms with van der Waals surface area (Å²) in [6, 6.07) is 14.2. The second kappa shape index (κ2) is 8.59. The Hall–Kier alpha value is -3.85. The lowest BCUT2D eigenvalue weighted by Crippen LogP contribution is -2.24. The van der Waals surface area contributed by atoms with Crippen molar-refractivity contribution in [1.29, 1.82) is 0 Å². The lowest BCUT2D eigenvalue weighted by atomic mass is 10.1. The Morgan fingerprint density at radius 2 is 1.55 bits per heavy atom. The molecule has 1 amide bonds. The number of sulfone groups is 1. The van der Waals surface area contributed by atoms with E-state index in [9.17, 15) is 26.8 Å². The van der Waals surface area contributed by atoms with Crippen molar-refractivity contribution < 1.29 is 22.0 Å². The highest BCUT2D eigenvalue weighted by atomic mass is 32.2. The molecule has 9 heteroatoms. The van der Waals surface area contributed by atoms with Gasteiger partial charge in [-0.1, -0.05) is 11.6 Å². The SMILES string of the molecule is Cc1ccc2c(c1)c(=O)c(S(=O)(=O)c1ccc(F)cc1)cn2CC(=O)Nc1ccc(F)cc1. The average Bonchev–Trinajstić information content (AvgIpc) is 2.77. The fourth-order valence-corrected chi connectivity index (χ4v) is 4.80. The molecule has 0 fully saturated rings. The van der Waals surface area contributed by atoms with Crippen LogP contribution in [0.1, 0.15) is 5.56 Å². The first-order valence-corrected chi connectivity index (χ1v) is 11.3. The molecule has 0 bridgehead atoms. The van der Waals surface area contributed by atoms with Crippen LogP contribution >= 0.6 is 0 Å². The van der Waals surface area contributed by atoms with Gasteiger partial charge in [0, 0.05) is 17.3 Å². The molecule has 6 nitrogen and oxygen atoms in total. The summed E-state index contributed by atoms with van der Waals surface area (Å²) in [7, 11) is -4.29. The van der Waals surface area contributed by atoms with Gasteiger partial charge in [-0.05, 0) is 67.6 Å². The number of carbonyl (C=O) groups excluding carboxylic acids is 1. The zero-order chi connectivity index (χ0) is 23.8. The van der Waals surface area contributed by atoms with Crippen molar-refractivity contribution >= 4 is 32.3 Å². The Morgan fingerprint density at radius 1 is 0.939 bits per heavy atom. The number of carbonyl (C=O) groups is 1. The first-order valence-electron chi connectivity index (χ1n) is 9.85. The number of halogens is 2. The first-order chi connectivity index (χ1) is 15.6. The van der Waals surface area contributed by atoms with E-state index >= 15 is 0 Å². The van der Waals surface area contributed by atoms with Gasteiger partial charge < -0.3 is 9.88 Å². The van der Waals surface area contributed by atoms with Gasteiger partial charge in [-0.15, -0.1) is 0 Å². The van der Waals surface area contributed by atoms with Crippen LogP contribution in [0.3, 0.4) is 0 Å². The fourth-order valence-electron chi connectivity index (χ4n) is 3.44. The number of nitrogens with one attached hydrogen (secondary N) is 1. The summed E-state index contributed by atoms with van der Waals surface area (Å²) < 4.78 is 54.1. The highest BCUT2D eigenvalue weighted by Crippen LogP contribution is 2.22. The van der Waals surface area contributed by atoms with E-state index in [1.54, 1.807) is 25.1 Å². The molecule has 0 atom stereocenters. The van der Waals surface area contributed by atoms with Gasteiger partial charge in [0.05, 0.1) is 10.4 Å². The Kier molecular flexibility index (Phi) is 5.82. The molecule has 0 aliphatic rings. The first kappa shape index (κ1) is 22.3. The lowest BCUT2D eigenvalue weighted by Gasteiger charge is -2.14. The quantitative estimate of drug-likeness (QED) is 0.448. The maximum atomic E-state index is 13.3. The number of aryl methyl sites for hydroxylation is 1. The number of aromatic nitrogens is 1. The van der Waals surface area contributed by atoms with Crippen molar-refractivity contribution in [2.75, 3.05) is 5.32 Å². The van der Waals surface area contributed by atoms with Gasteiger partial charge in [0.25, 0.3) is 0 Å². The van der Waals surface area contributed by atoms with Gasteiger partial charge in [-0.25, -0.2) is 17.2 Å². The third-order valence-electron chi connectivity index (χ3n) is 5.06. The molecule has 0 saturated carbocycles. The molecule has 4 aromatic rings. The molecule has 1 heterocycles. The molecule has 4 rings (SSSR count). The Balaban J connectivity index is 1.81. The van der Waals surface area contributed by atoms with E-state index in [0.29, 0.717) is 11.2 Å². The standard InChI is InChI=1S/C24H18F2N2O4S/c1-15-2-11-21-20(12-15)24(30)22(33(31,32)19-9-5-17(26)6-10-19)13-28(21)14-23(29)27-18-7-3-16(25)4-8-18/h2-13H,14H2,1H3,(H,27,29). The maximum Gasteiger partial charge on any atom is 0.244 e. The average molecular weight is 468 g/mol. The third kappa shape index (κ3) is 4.54. The molecule has 168 valence electrons. The van der Waals surface area contributed by atoms with Crippen LogP contribution in [0.2, 0.25) is 0 Å². The van der Waals surface area contributed by atoms with Crippen LogP contribution in [0.5, 0.6) is 0 Å². The molecule has 3 aromatic carbocycles. The van der Waals surface area contributed by atoms with Crippen molar-refractivity contribution in [1.82, 2.24) is 4.57 Å². The number of pyridine rings is 1. The van der Waals surface area contributed by atoms with E-state index in [1.807, 2.05) is 0 Å². The molecule has 33 heavy (non-hydrogen) atoms. The van der Waals surface area contributed by atoms with Gasteiger partial charge in [0.1, 0.15) is 23.1 Å². The van der Waals surface area contributed by atoms with Crippen LogP contribution in [-0.2, 0) is 21.2 Å². The summed E-state index contributed by atoms with van der Waals surface area (Å²) in [6.45, 7) is 1.45. The Labute approximate surface area is 188 Å². The Morgan fingerprint density at radius 3 is 2.18 bits per heavy atom. The van der Waals surface area contributed by atoms with Gasteiger partial charge in [0.15, 0.2) is 0 Å². The minimum atomic E-state index is -4.29. The van der Waals surface area contributed by atoms with Gasteiger partial charge in [0.2, 0.25) is 21.2 Å². The van der Waals surface area contributed by atoms with Gasteiger partial charge >= 0.3 is 0 Å². The second-order valence-electron chi connectivity index (χ2n) is 7.48. The van der Waals surface area contributed by atoms with E-state index in [0.717, 1.165) is 36.0 Å². The second-order valence-corrected chi connectivity index (χ2v) is 9.40. The van der Waals surface area contributed by atoms with Gasteiger partial charge in [-0.2, -0.15) is 0 Å². The summed E-state index contributed by atoms with van der Waals surface area (Å²) >= 11 is 0. The lowest BCUT2D eigenvalue weighted by molar-refractivity contribution is -0.116. The van der Waals surface area contributed by atoms with Crippen LogP contribution < -0.4 is 10.7 Å². The maximum absolute atomic E-state index is 13.3. The van der Waals surface area contributed by atoms with Crippen LogP contribution in [0.4, 0.5) is 14.5 Å². The number of hydrogen-bond donors (Lipinski definition) is 1. The summed E-state index contributed by atoms with van der Waals surface area (Å²) in [5.74, 6) is -1.57. The highest BCUT2D eigenvalue weighted by Gasteiger charge is 2.24. The summed E-state index contributed by atoms with van der Waals surface area (Å²) in [5, 5.41) is 2.74. The molecular weight excluding hydrogens is 450 g/mol. The minimum Gasteiger partial charge on any atom is -0.336 e. The fraction of sp³-hybridized carbons (Fsp3) is 0.0833. The van der Waals surface area contributed by atoms with Crippen LogP contribution in [-0.4, -0.2) is 18.9 Å². The van der Waals surface area contributed by atoms with Crippen LogP contribution in [0, 0.1) is 18.6 Å². The highest BCUT2D eigenvalue weighted by molar-refractivity contribution is 7.91. The predicted octanol–water partition coefficient (Wildman–Crippen LogP) is 4.06. The normalized spacial score (nSPS) is 11.5. The van der Waals surface area contributed by atoms with Crippen molar-refractivity contribution in [2.24, 2.45) is 0 Å². The van der Waals surface area contributed by atoms with Crippen molar-refractivity contribution in [3.8, 4) is 0 Å². The number of anilines is 1. The van der Waals surface area contributed by atoms with Crippen LogP contribution in [0.25, 0.3) is 10.9 Å². The zero-order valence-corrected chi connectivity index (χ0v) is 18.2. The molecule has 0 aliphatic heterocycles. The molecule has 1 aromatic heterocycles. The number of benzene rings is 3. The van der Waals surface area contributed by atoms with E-state index in [1.165, 1.54) is 28.8 Å². The van der Waals surface area contributed by atoms with Crippen molar-refractivity contribution in [3.05, 3.63) is 100 Å². The van der Waals surface area contributed by atoms with Gasteiger partial charge in [-0.3, -0.25) is 9.59 Å². The topological polar surface area (TPSA) is 85.2 Å². The molecule has 0 aliphatic carbocycles. The van der Waals surface area contributed by atoms with Crippen LogP contribution in [0.15, 0.2) is 87.5 Å². The van der Waals surface area contributed by atoms with E-state index in [2.05, 4.69) is 5.32 Å². The number of fused-ring (bicyclic) bond motifs is 1. The predicted molar refractivity (Wildman–Crippen MR) is 120 cm³/mol. The minimum absolute atomic E-state index is 0.132. The summed E-state index contributed by atoms with van der Waals surface area (Å²) in [6.07, 6.45) is 1.11. The largest absolute Gasteiger partial charge is 0.336 e. The smallest absolute Gasteiger partial charge is 0.244 e. The third-order valence-corrected chi connectivity index (χ3v) is 6.82. The van der Waals surface area contributed by atoms with Crippen molar-refractivity contribution in [2.45, 2.75) is 23.3 Å². The molecule has 0 spiro atoms. The Bertz CT molecular complexity index is 1530. The zero-order valence-electron chi connectivity index (χ0n) is 17.4. The van der Waals surface area contributed by atoms with E-state index in [4.69, 9.17) is 0 Å². The molecule has 1 N–H and O–H groups in total. The van der Waals surface area contributed by atoms with E-state index < -0.39 is 37.7 Å². The number of rotatable bonds is 5. The monoisotopic (exact) mass is 468 g/mol. The molecule has 0 unspecified atom stereocenters. The summed E-state index contributed by atoms with van der Waals surface area (Å²) in [4.78, 5) is 25.0. The molecule has 0 radical (unpaired) electrons. The van der Waals surface area contributed by atoms with Crippen molar-refractivity contribution in [3.63, 3.8) is 0 Å². The number of hydrogen-bond acceptors (Lipinski definition) is 4. The summed E-state index contributed by atoms with van der Waals surface area (Å²) in [5.41, 5.74) is 0.756. The number of nitrogens with zero attached hydrogens (tertiary/aromatic N) is 1. The molecular formula is C24H18F2N2O4S.